The number of aromatic nitrogens is 2. The van der Waals surface area contributed by atoms with E-state index in [0.29, 0.717) is 23.8 Å². The topological polar surface area (TPSA) is 83.8 Å². The number of carbonyl (C=O) groups is 1. The number of benzene rings is 1. The highest BCUT2D eigenvalue weighted by molar-refractivity contribution is 5.94. The van der Waals surface area contributed by atoms with Crippen LogP contribution in [0.5, 0.6) is 0 Å². The Labute approximate surface area is 112 Å². The molecule has 0 unspecified atom stereocenters. The molecule has 5 heteroatoms. The molecule has 1 aromatic carbocycles. The molecule has 1 heterocycles. The number of nitrogens with two attached hydrogens (primary N) is 1. The van der Waals surface area contributed by atoms with Crippen molar-refractivity contribution in [2.45, 2.75) is 26.3 Å². The molecule has 0 aliphatic carbocycles. The van der Waals surface area contributed by atoms with Crippen molar-refractivity contribution >= 4 is 11.7 Å². The fraction of sp³-hybridized carbons (Fsp3) is 0.286. The minimum atomic E-state index is -0.115. The van der Waals surface area contributed by atoms with Crippen LogP contribution in [0.4, 0.5) is 5.82 Å². The molecule has 0 aliphatic heterocycles. The second kappa shape index (κ2) is 5.56. The summed E-state index contributed by atoms with van der Waals surface area (Å²) in [5.74, 6) is 0.828. The van der Waals surface area contributed by atoms with Gasteiger partial charge in [-0.25, -0.2) is 0 Å². The van der Waals surface area contributed by atoms with Crippen LogP contribution in [0.25, 0.3) is 0 Å². The molecule has 0 radical (unpaired) electrons. The summed E-state index contributed by atoms with van der Waals surface area (Å²) >= 11 is 0. The van der Waals surface area contributed by atoms with Crippen LogP contribution in [0.2, 0.25) is 0 Å². The van der Waals surface area contributed by atoms with E-state index in [9.17, 15) is 4.79 Å². The van der Waals surface area contributed by atoms with Crippen LogP contribution in [0.15, 0.2) is 30.5 Å². The van der Waals surface area contributed by atoms with E-state index in [0.717, 1.165) is 5.56 Å². The Kier molecular flexibility index (Phi) is 3.85. The van der Waals surface area contributed by atoms with Gasteiger partial charge in [-0.1, -0.05) is 26.0 Å². The standard InChI is InChI=1S/C14H18N4O/c1-9(2)10-3-5-11(6-4-10)14(19)16-7-12-8-17-18-13(12)15/h3-6,8-9H,7H2,1-2H3,(H,16,19)(H3,15,17,18). The lowest BCUT2D eigenvalue weighted by atomic mass is 10.0. The normalized spacial score (nSPS) is 10.7. The first-order chi connectivity index (χ1) is 9.08. The summed E-state index contributed by atoms with van der Waals surface area (Å²) in [6.07, 6.45) is 1.61. The number of amides is 1. The number of carbonyl (C=O) groups excluding carboxylic acids is 1. The zero-order valence-corrected chi connectivity index (χ0v) is 11.1. The van der Waals surface area contributed by atoms with Gasteiger partial charge in [0.05, 0.1) is 6.20 Å². The Morgan fingerprint density at radius 1 is 1.37 bits per heavy atom. The fourth-order valence-electron chi connectivity index (χ4n) is 1.76. The molecule has 0 fully saturated rings. The molecule has 1 amide bonds. The van der Waals surface area contributed by atoms with Gasteiger partial charge < -0.3 is 11.1 Å². The summed E-state index contributed by atoms with van der Waals surface area (Å²) in [6.45, 7) is 4.61. The Morgan fingerprint density at radius 3 is 2.58 bits per heavy atom. The van der Waals surface area contributed by atoms with Gasteiger partial charge in [-0.3, -0.25) is 9.89 Å². The lowest BCUT2D eigenvalue weighted by Crippen LogP contribution is -2.23. The van der Waals surface area contributed by atoms with Gasteiger partial charge in [0.25, 0.3) is 5.91 Å². The predicted octanol–water partition coefficient (Wildman–Crippen LogP) is 2.05. The van der Waals surface area contributed by atoms with E-state index in [4.69, 9.17) is 5.73 Å². The first-order valence-corrected chi connectivity index (χ1v) is 6.24. The number of hydrogen-bond acceptors (Lipinski definition) is 3. The molecule has 5 nitrogen and oxygen atoms in total. The van der Waals surface area contributed by atoms with E-state index in [1.165, 1.54) is 5.56 Å². The van der Waals surface area contributed by atoms with Crippen molar-refractivity contribution in [3.8, 4) is 0 Å². The number of rotatable bonds is 4. The zero-order chi connectivity index (χ0) is 13.8. The Bertz CT molecular complexity index is 557. The third kappa shape index (κ3) is 3.13. The van der Waals surface area contributed by atoms with Crippen LogP contribution < -0.4 is 11.1 Å². The van der Waals surface area contributed by atoms with Crippen molar-refractivity contribution in [3.63, 3.8) is 0 Å². The Morgan fingerprint density at radius 2 is 2.05 bits per heavy atom. The highest BCUT2D eigenvalue weighted by Crippen LogP contribution is 2.14. The molecule has 0 saturated carbocycles. The fourth-order valence-corrected chi connectivity index (χ4v) is 1.76. The molecule has 100 valence electrons. The summed E-state index contributed by atoms with van der Waals surface area (Å²) in [5, 5.41) is 9.24. The van der Waals surface area contributed by atoms with E-state index in [-0.39, 0.29) is 5.91 Å². The maximum atomic E-state index is 11.9. The molecular formula is C14H18N4O. The van der Waals surface area contributed by atoms with Gasteiger partial charge in [-0.15, -0.1) is 0 Å². The van der Waals surface area contributed by atoms with Crippen LogP contribution >= 0.6 is 0 Å². The average Bonchev–Trinajstić information content (AvgIpc) is 2.81. The third-order valence-electron chi connectivity index (χ3n) is 3.03. The van der Waals surface area contributed by atoms with Crippen LogP contribution in [0, 0.1) is 0 Å². The van der Waals surface area contributed by atoms with Crippen LogP contribution in [-0.4, -0.2) is 16.1 Å². The Hall–Kier alpha value is -2.30. The van der Waals surface area contributed by atoms with Crippen molar-refractivity contribution < 1.29 is 4.79 Å². The second-order valence-electron chi connectivity index (χ2n) is 4.77. The maximum Gasteiger partial charge on any atom is 0.251 e. The summed E-state index contributed by atoms with van der Waals surface area (Å²) < 4.78 is 0. The number of aromatic amines is 1. The van der Waals surface area contributed by atoms with Gasteiger partial charge in [-0.05, 0) is 23.6 Å². The summed E-state index contributed by atoms with van der Waals surface area (Å²) in [4.78, 5) is 11.9. The summed E-state index contributed by atoms with van der Waals surface area (Å²) in [7, 11) is 0. The average molecular weight is 258 g/mol. The van der Waals surface area contributed by atoms with Crippen LogP contribution in [0.1, 0.15) is 41.3 Å². The minimum absolute atomic E-state index is 0.115. The number of anilines is 1. The van der Waals surface area contributed by atoms with Crippen molar-refractivity contribution in [2.24, 2.45) is 0 Å². The van der Waals surface area contributed by atoms with Gasteiger partial charge in [0, 0.05) is 17.7 Å². The molecule has 1 aromatic heterocycles. The monoisotopic (exact) mass is 258 g/mol. The van der Waals surface area contributed by atoms with E-state index >= 15 is 0 Å². The summed E-state index contributed by atoms with van der Waals surface area (Å²) in [5.41, 5.74) is 8.30. The van der Waals surface area contributed by atoms with E-state index in [1.807, 2.05) is 24.3 Å². The first kappa shape index (κ1) is 13.1. The minimum Gasteiger partial charge on any atom is -0.384 e. The van der Waals surface area contributed by atoms with Crippen LogP contribution in [0.3, 0.4) is 0 Å². The smallest absolute Gasteiger partial charge is 0.251 e. The van der Waals surface area contributed by atoms with Gasteiger partial charge in [0.2, 0.25) is 0 Å². The highest BCUT2D eigenvalue weighted by atomic mass is 16.1. The lowest BCUT2D eigenvalue weighted by molar-refractivity contribution is 0.0951. The molecule has 4 N–H and O–H groups in total. The molecule has 0 atom stereocenters. The SMILES string of the molecule is CC(C)c1ccc(C(=O)NCc2cn[nH]c2N)cc1. The molecule has 0 aliphatic rings. The molecule has 19 heavy (non-hydrogen) atoms. The first-order valence-electron chi connectivity index (χ1n) is 6.24. The molecule has 0 bridgehead atoms. The van der Waals surface area contributed by atoms with Crippen molar-refractivity contribution in [1.29, 1.82) is 0 Å². The van der Waals surface area contributed by atoms with Crippen molar-refractivity contribution in [2.75, 3.05) is 5.73 Å². The number of nitrogens with one attached hydrogen (secondary N) is 2. The van der Waals surface area contributed by atoms with Crippen LogP contribution in [-0.2, 0) is 6.54 Å². The predicted molar refractivity (Wildman–Crippen MR) is 74.7 cm³/mol. The van der Waals surface area contributed by atoms with E-state index in [2.05, 4.69) is 29.4 Å². The number of nitrogen functional groups attached to an aromatic ring is 1. The van der Waals surface area contributed by atoms with Gasteiger partial charge in [0.1, 0.15) is 5.82 Å². The van der Waals surface area contributed by atoms with E-state index in [1.54, 1.807) is 6.20 Å². The van der Waals surface area contributed by atoms with Crippen molar-refractivity contribution in [1.82, 2.24) is 15.5 Å². The zero-order valence-electron chi connectivity index (χ0n) is 11.1. The molecule has 0 saturated heterocycles. The van der Waals surface area contributed by atoms with Crippen molar-refractivity contribution in [3.05, 3.63) is 47.2 Å². The second-order valence-corrected chi connectivity index (χ2v) is 4.77. The maximum absolute atomic E-state index is 11.9. The molecule has 2 aromatic rings. The number of nitrogens with zero attached hydrogens (tertiary/aromatic N) is 1. The Balaban J connectivity index is 1.98. The highest BCUT2D eigenvalue weighted by Gasteiger charge is 2.08. The van der Waals surface area contributed by atoms with Gasteiger partial charge in [0.15, 0.2) is 0 Å². The number of hydrogen-bond donors (Lipinski definition) is 3. The largest absolute Gasteiger partial charge is 0.384 e. The number of H-pyrrole nitrogens is 1. The molecular weight excluding hydrogens is 240 g/mol. The van der Waals surface area contributed by atoms with Gasteiger partial charge in [-0.2, -0.15) is 5.10 Å². The van der Waals surface area contributed by atoms with E-state index < -0.39 is 0 Å². The molecule has 2 rings (SSSR count). The summed E-state index contributed by atoms with van der Waals surface area (Å²) in [6, 6.07) is 7.63. The quantitative estimate of drug-likeness (QED) is 0.784. The lowest BCUT2D eigenvalue weighted by Gasteiger charge is -2.07. The third-order valence-corrected chi connectivity index (χ3v) is 3.03. The molecule has 0 spiro atoms. The van der Waals surface area contributed by atoms with Gasteiger partial charge >= 0.3 is 0 Å².